The van der Waals surface area contributed by atoms with Gasteiger partial charge in [0.05, 0.1) is 22.8 Å². The fourth-order valence-corrected chi connectivity index (χ4v) is 5.74. The van der Waals surface area contributed by atoms with Crippen LogP contribution in [0.15, 0.2) is 59.5 Å². The van der Waals surface area contributed by atoms with Crippen LogP contribution in [0.3, 0.4) is 0 Å². The third-order valence-electron chi connectivity index (χ3n) is 5.75. The third-order valence-corrected chi connectivity index (χ3v) is 8.50. The summed E-state index contributed by atoms with van der Waals surface area (Å²) in [5, 5.41) is 3.52. The fraction of sp³-hybridized carbons (Fsp3) is 0.333. The second-order valence-electron chi connectivity index (χ2n) is 8.10. The highest BCUT2D eigenvalue weighted by Gasteiger charge is 2.27. The van der Waals surface area contributed by atoms with E-state index in [9.17, 15) is 13.2 Å². The summed E-state index contributed by atoms with van der Waals surface area (Å²) in [4.78, 5) is 21.0. The topological polar surface area (TPSA) is 79.4 Å². The van der Waals surface area contributed by atoms with Crippen LogP contribution in [-0.2, 0) is 40.6 Å². The van der Waals surface area contributed by atoms with Crippen molar-refractivity contribution in [3.63, 3.8) is 0 Å². The molecule has 1 N–H and O–H groups in total. The van der Waals surface area contributed by atoms with Gasteiger partial charge in [-0.15, -0.1) is 11.3 Å². The quantitative estimate of drug-likeness (QED) is 0.538. The number of hydrogen-bond donors (Lipinski definition) is 1. The van der Waals surface area contributed by atoms with Gasteiger partial charge in [0, 0.05) is 24.0 Å². The number of fused-ring (bicyclic) bond motifs is 1. The summed E-state index contributed by atoms with van der Waals surface area (Å²) in [5.74, 6) is -0.0953. The van der Waals surface area contributed by atoms with Gasteiger partial charge in [0.1, 0.15) is 0 Å². The smallest absolute Gasteiger partial charge is 0.230 e. The molecule has 0 radical (unpaired) electrons. The number of aromatic nitrogens is 1. The van der Waals surface area contributed by atoms with Gasteiger partial charge in [0.2, 0.25) is 5.91 Å². The van der Waals surface area contributed by atoms with E-state index in [0.29, 0.717) is 11.2 Å². The van der Waals surface area contributed by atoms with E-state index in [4.69, 9.17) is 0 Å². The Morgan fingerprint density at radius 3 is 2.47 bits per heavy atom. The molecule has 0 aliphatic carbocycles. The molecule has 2 heterocycles. The number of carbonyl (C=O) groups is 1. The van der Waals surface area contributed by atoms with Crippen LogP contribution in [-0.4, -0.2) is 36.0 Å². The van der Waals surface area contributed by atoms with Crippen LogP contribution >= 0.6 is 11.3 Å². The van der Waals surface area contributed by atoms with Gasteiger partial charge in [-0.3, -0.25) is 9.69 Å². The maximum absolute atomic E-state index is 12.4. The van der Waals surface area contributed by atoms with Crippen LogP contribution in [0.5, 0.6) is 0 Å². The largest absolute Gasteiger partial charge is 0.302 e. The molecule has 8 heteroatoms. The molecule has 2 aromatic carbocycles. The summed E-state index contributed by atoms with van der Waals surface area (Å²) < 4.78 is 23.8. The maximum atomic E-state index is 12.4. The molecule has 1 aliphatic rings. The van der Waals surface area contributed by atoms with E-state index < -0.39 is 9.84 Å². The summed E-state index contributed by atoms with van der Waals surface area (Å²) in [6.45, 7) is 5.50. The van der Waals surface area contributed by atoms with Gasteiger partial charge in [-0.05, 0) is 36.6 Å². The van der Waals surface area contributed by atoms with Gasteiger partial charge in [-0.1, -0.05) is 49.4 Å². The van der Waals surface area contributed by atoms with E-state index in [1.807, 2.05) is 6.07 Å². The molecule has 0 saturated carbocycles. The van der Waals surface area contributed by atoms with E-state index in [0.717, 1.165) is 30.8 Å². The van der Waals surface area contributed by atoms with Crippen molar-refractivity contribution in [3.8, 4) is 0 Å². The highest BCUT2D eigenvalue weighted by atomic mass is 32.2. The third kappa shape index (κ3) is 5.26. The Bertz CT molecular complexity index is 1170. The van der Waals surface area contributed by atoms with Crippen molar-refractivity contribution in [2.45, 2.75) is 50.7 Å². The molecule has 0 fully saturated rings. The lowest BCUT2D eigenvalue weighted by atomic mass is 10.1. The zero-order valence-electron chi connectivity index (χ0n) is 18.2. The lowest BCUT2D eigenvalue weighted by Gasteiger charge is -2.23. The average molecular weight is 470 g/mol. The molecule has 1 aliphatic heterocycles. The lowest BCUT2D eigenvalue weighted by molar-refractivity contribution is -0.115. The number of sulfone groups is 1. The summed E-state index contributed by atoms with van der Waals surface area (Å²) in [7, 11) is -3.23. The molecule has 0 unspecified atom stereocenters. The van der Waals surface area contributed by atoms with E-state index in [-0.39, 0.29) is 23.0 Å². The van der Waals surface area contributed by atoms with Crippen LogP contribution in [0.1, 0.15) is 35.5 Å². The fourth-order valence-electron chi connectivity index (χ4n) is 3.84. The minimum Gasteiger partial charge on any atom is -0.302 e. The van der Waals surface area contributed by atoms with Crippen molar-refractivity contribution in [1.29, 1.82) is 0 Å². The number of amides is 1. The van der Waals surface area contributed by atoms with E-state index in [1.165, 1.54) is 21.8 Å². The first-order valence-corrected chi connectivity index (χ1v) is 13.2. The Labute approximate surface area is 193 Å². The lowest BCUT2D eigenvalue weighted by Crippen LogP contribution is -2.29. The summed E-state index contributed by atoms with van der Waals surface area (Å²) in [6.07, 6.45) is 1.18. The van der Waals surface area contributed by atoms with Gasteiger partial charge >= 0.3 is 0 Å². The van der Waals surface area contributed by atoms with Crippen molar-refractivity contribution in [1.82, 2.24) is 9.88 Å². The number of anilines is 1. The standard InChI is InChI=1S/C24H27N3O3S2/c1-3-32(29,30)20-11-9-19(10-12-20)14-23(28)26-24-25-21-15-27(16-22(21)31-24)17(2)13-18-7-5-4-6-8-18/h4-12,17H,3,13-16H2,1-2H3,(H,25,26,28)/t17-/m0/s1. The summed E-state index contributed by atoms with van der Waals surface area (Å²) in [5.41, 5.74) is 3.14. The number of thiazole rings is 1. The monoisotopic (exact) mass is 469 g/mol. The summed E-state index contributed by atoms with van der Waals surface area (Å²) in [6, 6.07) is 17.4. The Balaban J connectivity index is 1.31. The van der Waals surface area contributed by atoms with Crippen molar-refractivity contribution in [2.24, 2.45) is 0 Å². The SMILES string of the molecule is CCS(=O)(=O)c1ccc(CC(=O)Nc2nc3c(s2)CN([C@@H](C)Cc2ccccc2)C3)cc1. The van der Waals surface area contributed by atoms with E-state index in [2.05, 4.69) is 46.4 Å². The second-order valence-corrected chi connectivity index (χ2v) is 11.5. The predicted molar refractivity (Wildman–Crippen MR) is 127 cm³/mol. The van der Waals surface area contributed by atoms with Gasteiger partial charge in [-0.2, -0.15) is 0 Å². The van der Waals surface area contributed by atoms with Gasteiger partial charge < -0.3 is 5.32 Å². The first-order valence-electron chi connectivity index (χ1n) is 10.7. The van der Waals surface area contributed by atoms with Gasteiger partial charge in [-0.25, -0.2) is 13.4 Å². The van der Waals surface area contributed by atoms with Crippen LogP contribution in [0.25, 0.3) is 0 Å². The van der Waals surface area contributed by atoms with Crippen LogP contribution in [0, 0.1) is 0 Å². The molecular weight excluding hydrogens is 442 g/mol. The number of nitrogens with zero attached hydrogens (tertiary/aromatic N) is 2. The van der Waals surface area contributed by atoms with E-state index >= 15 is 0 Å². The molecule has 4 rings (SSSR count). The molecule has 1 amide bonds. The molecule has 0 saturated heterocycles. The number of benzene rings is 2. The molecule has 3 aromatic rings. The zero-order chi connectivity index (χ0) is 22.7. The molecule has 1 atom stereocenters. The Hall–Kier alpha value is -2.55. The summed E-state index contributed by atoms with van der Waals surface area (Å²) >= 11 is 1.53. The van der Waals surface area contributed by atoms with Crippen LogP contribution in [0.4, 0.5) is 5.13 Å². The Kier molecular flexibility index (Phi) is 6.74. The number of nitrogens with one attached hydrogen (secondary N) is 1. The molecule has 32 heavy (non-hydrogen) atoms. The number of carbonyl (C=O) groups excluding carboxylic acids is 1. The minimum atomic E-state index is -3.23. The average Bonchev–Trinajstić information content (AvgIpc) is 3.33. The van der Waals surface area contributed by atoms with E-state index in [1.54, 1.807) is 31.2 Å². The van der Waals surface area contributed by atoms with Crippen molar-refractivity contribution < 1.29 is 13.2 Å². The molecule has 0 spiro atoms. The van der Waals surface area contributed by atoms with Crippen LogP contribution < -0.4 is 5.32 Å². The van der Waals surface area contributed by atoms with Gasteiger partial charge in [0.15, 0.2) is 15.0 Å². The number of hydrogen-bond acceptors (Lipinski definition) is 6. The Morgan fingerprint density at radius 1 is 1.09 bits per heavy atom. The van der Waals surface area contributed by atoms with Crippen LogP contribution in [0.2, 0.25) is 0 Å². The number of rotatable bonds is 8. The first-order chi connectivity index (χ1) is 15.3. The second kappa shape index (κ2) is 9.52. The zero-order valence-corrected chi connectivity index (χ0v) is 19.9. The molecular formula is C24H27N3O3S2. The normalized spacial score (nSPS) is 14.8. The predicted octanol–water partition coefficient (Wildman–Crippen LogP) is 4.06. The Morgan fingerprint density at radius 2 is 1.81 bits per heavy atom. The minimum absolute atomic E-state index is 0.0595. The maximum Gasteiger partial charge on any atom is 0.230 e. The highest BCUT2D eigenvalue weighted by Crippen LogP contribution is 2.32. The molecule has 1 aromatic heterocycles. The van der Waals surface area contributed by atoms with Crippen molar-refractivity contribution >= 4 is 32.2 Å². The highest BCUT2D eigenvalue weighted by molar-refractivity contribution is 7.91. The van der Waals surface area contributed by atoms with Crippen molar-refractivity contribution in [3.05, 3.63) is 76.3 Å². The molecule has 6 nitrogen and oxygen atoms in total. The van der Waals surface area contributed by atoms with Gasteiger partial charge in [0.25, 0.3) is 0 Å². The first kappa shape index (κ1) is 22.6. The van der Waals surface area contributed by atoms with Crippen molar-refractivity contribution in [2.75, 3.05) is 11.1 Å². The molecule has 0 bridgehead atoms. The molecule has 168 valence electrons.